The van der Waals surface area contributed by atoms with Crippen LogP contribution in [-0.2, 0) is 0 Å². The summed E-state index contributed by atoms with van der Waals surface area (Å²) in [4.78, 5) is 0. The molecule has 114 valence electrons. The Bertz CT molecular complexity index is 1200. The quantitative estimate of drug-likeness (QED) is 0.407. The summed E-state index contributed by atoms with van der Waals surface area (Å²) in [5.41, 5.74) is 4.36. The summed E-state index contributed by atoms with van der Waals surface area (Å²) >= 11 is 0. The van der Waals surface area contributed by atoms with E-state index < -0.39 is 0 Å². The predicted octanol–water partition coefficient (Wildman–Crippen LogP) is 5.01. The summed E-state index contributed by atoms with van der Waals surface area (Å²) in [6.45, 7) is 2.13. The van der Waals surface area contributed by atoms with Gasteiger partial charge in [-0.25, -0.2) is 0 Å². The third-order valence-electron chi connectivity index (χ3n) is 4.55. The van der Waals surface area contributed by atoms with Gasteiger partial charge < -0.3 is 0 Å². The minimum atomic E-state index is 0.880. The zero-order valence-corrected chi connectivity index (χ0v) is 13.3. The highest BCUT2D eigenvalue weighted by atomic mass is 15.2. The molecule has 3 nitrogen and oxygen atoms in total. The lowest BCUT2D eigenvalue weighted by Crippen LogP contribution is -1.94. The van der Waals surface area contributed by atoms with E-state index in [2.05, 4.69) is 76.1 Å². The number of fused-ring (bicyclic) bond motifs is 6. The van der Waals surface area contributed by atoms with Gasteiger partial charge in [-0.3, -0.25) is 4.40 Å². The van der Waals surface area contributed by atoms with E-state index in [4.69, 9.17) is 0 Å². The van der Waals surface area contributed by atoms with Crippen molar-refractivity contribution < 1.29 is 0 Å². The normalized spacial score (nSPS) is 11.5. The lowest BCUT2D eigenvalue weighted by molar-refractivity contribution is 1.12. The van der Waals surface area contributed by atoms with Crippen LogP contribution in [-0.4, -0.2) is 14.6 Å². The Morgan fingerprint density at radius 2 is 1.46 bits per heavy atom. The maximum absolute atomic E-state index is 4.51. The smallest absolute Gasteiger partial charge is 0.169 e. The Balaban J connectivity index is 2.05. The van der Waals surface area contributed by atoms with Crippen molar-refractivity contribution in [3.05, 3.63) is 78.4 Å². The number of rotatable bonds is 1. The van der Waals surface area contributed by atoms with Crippen LogP contribution in [0.25, 0.3) is 38.7 Å². The SMILES string of the molecule is Cc1ccc2c(c1)c1ccccc1c1nnc(-c3ccccc3)n21. The Morgan fingerprint density at radius 3 is 2.29 bits per heavy atom. The fourth-order valence-electron chi connectivity index (χ4n) is 3.43. The van der Waals surface area contributed by atoms with Crippen molar-refractivity contribution in [2.75, 3.05) is 0 Å². The van der Waals surface area contributed by atoms with Crippen molar-refractivity contribution in [2.24, 2.45) is 0 Å². The third kappa shape index (κ3) is 1.78. The minimum absolute atomic E-state index is 0.880. The summed E-state index contributed by atoms with van der Waals surface area (Å²) in [6.07, 6.45) is 0. The van der Waals surface area contributed by atoms with Crippen molar-refractivity contribution >= 4 is 27.3 Å². The number of benzene rings is 3. The molecule has 0 radical (unpaired) electrons. The number of aromatic nitrogens is 3. The van der Waals surface area contributed by atoms with Crippen molar-refractivity contribution in [1.29, 1.82) is 0 Å². The summed E-state index contributed by atoms with van der Waals surface area (Å²) in [5.74, 6) is 0.880. The van der Waals surface area contributed by atoms with Gasteiger partial charge in [-0.15, -0.1) is 10.2 Å². The van der Waals surface area contributed by atoms with Gasteiger partial charge in [-0.1, -0.05) is 66.2 Å². The average molecular weight is 309 g/mol. The molecular formula is C21H15N3. The van der Waals surface area contributed by atoms with Crippen LogP contribution in [0.3, 0.4) is 0 Å². The molecule has 0 saturated heterocycles. The van der Waals surface area contributed by atoms with Crippen molar-refractivity contribution in [1.82, 2.24) is 14.6 Å². The van der Waals surface area contributed by atoms with E-state index in [-0.39, 0.29) is 0 Å². The van der Waals surface area contributed by atoms with Gasteiger partial charge >= 0.3 is 0 Å². The molecule has 0 unspecified atom stereocenters. The zero-order valence-electron chi connectivity index (χ0n) is 13.3. The van der Waals surface area contributed by atoms with Crippen molar-refractivity contribution in [3.8, 4) is 11.4 Å². The third-order valence-corrected chi connectivity index (χ3v) is 4.55. The van der Waals surface area contributed by atoms with E-state index in [1.165, 1.54) is 16.3 Å². The van der Waals surface area contributed by atoms with Gasteiger partial charge in [-0.2, -0.15) is 0 Å². The van der Waals surface area contributed by atoms with Crippen LogP contribution < -0.4 is 0 Å². The van der Waals surface area contributed by atoms with Crippen LogP contribution in [0.1, 0.15) is 5.56 Å². The summed E-state index contributed by atoms with van der Waals surface area (Å²) in [6, 6.07) is 25.2. The molecule has 3 heteroatoms. The monoisotopic (exact) mass is 309 g/mol. The van der Waals surface area contributed by atoms with Crippen LogP contribution >= 0.6 is 0 Å². The first kappa shape index (κ1) is 13.3. The number of hydrogen-bond acceptors (Lipinski definition) is 2. The molecule has 0 aliphatic rings. The van der Waals surface area contributed by atoms with Gasteiger partial charge in [0.2, 0.25) is 0 Å². The molecule has 0 aliphatic heterocycles. The van der Waals surface area contributed by atoms with E-state index >= 15 is 0 Å². The number of hydrogen-bond donors (Lipinski definition) is 0. The first-order valence-electron chi connectivity index (χ1n) is 8.04. The highest BCUT2D eigenvalue weighted by Gasteiger charge is 2.15. The lowest BCUT2D eigenvalue weighted by atomic mass is 10.0. The maximum Gasteiger partial charge on any atom is 0.169 e. The summed E-state index contributed by atoms with van der Waals surface area (Å²) in [5, 5.41) is 12.6. The van der Waals surface area contributed by atoms with E-state index in [1.807, 2.05) is 18.2 Å². The minimum Gasteiger partial charge on any atom is -0.274 e. The highest BCUT2D eigenvalue weighted by Crippen LogP contribution is 2.32. The van der Waals surface area contributed by atoms with Crippen LogP contribution in [0.4, 0.5) is 0 Å². The molecule has 5 rings (SSSR count). The predicted molar refractivity (Wildman–Crippen MR) is 98.2 cm³/mol. The molecule has 0 bridgehead atoms. The van der Waals surface area contributed by atoms with Gasteiger partial charge in [0.1, 0.15) is 0 Å². The standard InChI is InChI=1S/C21H15N3/c1-14-11-12-19-18(13-14)16-9-5-6-10-17(16)21-23-22-20(24(19)21)15-7-3-2-4-8-15/h2-13H,1H3. The molecule has 0 atom stereocenters. The number of pyridine rings is 1. The van der Waals surface area contributed by atoms with Gasteiger partial charge in [0.05, 0.1) is 5.52 Å². The molecule has 0 aliphatic carbocycles. The maximum atomic E-state index is 4.51. The van der Waals surface area contributed by atoms with Crippen LogP contribution in [0, 0.1) is 6.92 Å². The number of aryl methyl sites for hydroxylation is 1. The topological polar surface area (TPSA) is 30.2 Å². The molecule has 0 N–H and O–H groups in total. The second-order valence-corrected chi connectivity index (χ2v) is 6.11. The second kappa shape index (κ2) is 4.90. The van der Waals surface area contributed by atoms with Crippen LogP contribution in [0.5, 0.6) is 0 Å². The van der Waals surface area contributed by atoms with E-state index in [1.54, 1.807) is 0 Å². The van der Waals surface area contributed by atoms with Gasteiger partial charge in [-0.05, 0) is 24.4 Å². The lowest BCUT2D eigenvalue weighted by Gasteiger charge is -2.10. The largest absolute Gasteiger partial charge is 0.274 e. The van der Waals surface area contributed by atoms with Crippen molar-refractivity contribution in [2.45, 2.75) is 6.92 Å². The molecule has 0 spiro atoms. The number of nitrogens with zero attached hydrogens (tertiary/aromatic N) is 3. The Kier molecular flexibility index (Phi) is 2.71. The first-order chi connectivity index (χ1) is 11.8. The van der Waals surface area contributed by atoms with Gasteiger partial charge in [0.25, 0.3) is 0 Å². The molecule has 0 fully saturated rings. The van der Waals surface area contributed by atoms with E-state index in [0.29, 0.717) is 0 Å². The fourth-order valence-corrected chi connectivity index (χ4v) is 3.43. The summed E-state index contributed by atoms with van der Waals surface area (Å²) < 4.78 is 2.17. The summed E-state index contributed by atoms with van der Waals surface area (Å²) in [7, 11) is 0. The molecule has 2 aromatic heterocycles. The van der Waals surface area contributed by atoms with E-state index in [9.17, 15) is 0 Å². The Labute approximate surface area is 139 Å². The van der Waals surface area contributed by atoms with Gasteiger partial charge in [0, 0.05) is 16.3 Å². The Morgan fingerprint density at radius 1 is 0.708 bits per heavy atom. The molecule has 24 heavy (non-hydrogen) atoms. The first-order valence-corrected chi connectivity index (χ1v) is 8.04. The molecule has 5 aromatic rings. The van der Waals surface area contributed by atoms with Crippen LogP contribution in [0.15, 0.2) is 72.8 Å². The fraction of sp³-hybridized carbons (Fsp3) is 0.0476. The molecule has 2 heterocycles. The second-order valence-electron chi connectivity index (χ2n) is 6.11. The van der Waals surface area contributed by atoms with Gasteiger partial charge in [0.15, 0.2) is 11.5 Å². The molecule has 0 amide bonds. The highest BCUT2D eigenvalue weighted by molar-refractivity contribution is 6.12. The zero-order chi connectivity index (χ0) is 16.1. The van der Waals surface area contributed by atoms with Crippen molar-refractivity contribution in [3.63, 3.8) is 0 Å². The Hall–Kier alpha value is -3.20. The molecule has 0 saturated carbocycles. The average Bonchev–Trinajstić information content (AvgIpc) is 3.08. The van der Waals surface area contributed by atoms with Crippen LogP contribution in [0.2, 0.25) is 0 Å². The van der Waals surface area contributed by atoms with E-state index in [0.717, 1.165) is 27.9 Å². The molecular weight excluding hydrogens is 294 g/mol. The molecule has 3 aromatic carbocycles.